The average Bonchev–Trinajstić information content (AvgIpc) is 2.62. The molecule has 8 nitrogen and oxygen atoms in total. The zero-order chi connectivity index (χ0) is 18.4. The third-order valence-corrected chi connectivity index (χ3v) is 5.63. The van der Waals surface area contributed by atoms with Crippen LogP contribution in [0.3, 0.4) is 0 Å². The highest BCUT2D eigenvalue weighted by Crippen LogP contribution is 2.27. The van der Waals surface area contributed by atoms with Crippen molar-refractivity contribution in [3.8, 4) is 0 Å². The minimum Gasteiger partial charge on any atom is -0.379 e. The second-order valence-corrected chi connectivity index (χ2v) is 7.46. The minimum absolute atomic E-state index is 0.0272. The van der Waals surface area contributed by atoms with E-state index in [1.54, 1.807) is 0 Å². The van der Waals surface area contributed by atoms with Gasteiger partial charge in [-0.3, -0.25) is 9.59 Å². The summed E-state index contributed by atoms with van der Waals surface area (Å²) < 4.78 is 31.7. The molecule has 0 aliphatic carbocycles. The number of anilines is 1. The van der Waals surface area contributed by atoms with E-state index in [9.17, 15) is 18.0 Å². The highest BCUT2D eigenvalue weighted by molar-refractivity contribution is 7.89. The number of nitrogens with one attached hydrogen (secondary N) is 2. The lowest BCUT2D eigenvalue weighted by Gasteiger charge is -2.26. The van der Waals surface area contributed by atoms with Gasteiger partial charge >= 0.3 is 11.8 Å². The molecule has 0 saturated carbocycles. The van der Waals surface area contributed by atoms with Crippen LogP contribution in [0.25, 0.3) is 0 Å². The van der Waals surface area contributed by atoms with Crippen LogP contribution in [-0.2, 0) is 24.3 Å². The molecular formula is C15H18ClN3O5S. The summed E-state index contributed by atoms with van der Waals surface area (Å²) in [5.41, 5.74) is 0.0368. The van der Waals surface area contributed by atoms with E-state index >= 15 is 0 Å². The Hall–Kier alpha value is -1.94. The molecule has 0 unspecified atom stereocenters. The summed E-state index contributed by atoms with van der Waals surface area (Å²) in [4.78, 5) is 23.4. The zero-order valence-corrected chi connectivity index (χ0v) is 14.9. The third-order valence-electron chi connectivity index (χ3n) is 3.41. The maximum absolute atomic E-state index is 12.6. The molecule has 0 bridgehead atoms. The molecule has 2 rings (SSSR count). The van der Waals surface area contributed by atoms with E-state index < -0.39 is 21.8 Å². The maximum Gasteiger partial charge on any atom is 0.313 e. The number of rotatable bonds is 5. The summed E-state index contributed by atoms with van der Waals surface area (Å²) in [5, 5.41) is 4.74. The van der Waals surface area contributed by atoms with Gasteiger partial charge in [-0.2, -0.15) is 4.31 Å². The molecule has 2 N–H and O–H groups in total. The summed E-state index contributed by atoms with van der Waals surface area (Å²) in [6.07, 6.45) is 1.42. The van der Waals surface area contributed by atoms with Gasteiger partial charge in [0.2, 0.25) is 10.0 Å². The zero-order valence-electron chi connectivity index (χ0n) is 13.3. The number of benzene rings is 1. The van der Waals surface area contributed by atoms with E-state index in [2.05, 4.69) is 17.2 Å². The molecule has 25 heavy (non-hydrogen) atoms. The Morgan fingerprint density at radius 1 is 1.28 bits per heavy atom. The summed E-state index contributed by atoms with van der Waals surface area (Å²) in [7, 11) is -3.74. The number of amides is 2. The number of ether oxygens (including phenoxy) is 1. The lowest BCUT2D eigenvalue weighted by atomic mass is 10.3. The van der Waals surface area contributed by atoms with E-state index in [0.29, 0.717) is 13.2 Å². The molecule has 0 spiro atoms. The number of nitrogens with zero attached hydrogens (tertiary/aromatic N) is 1. The first kappa shape index (κ1) is 19.4. The van der Waals surface area contributed by atoms with E-state index in [0.717, 1.165) is 0 Å². The van der Waals surface area contributed by atoms with Crippen molar-refractivity contribution in [2.45, 2.75) is 4.90 Å². The van der Waals surface area contributed by atoms with E-state index in [4.69, 9.17) is 16.3 Å². The van der Waals surface area contributed by atoms with E-state index in [1.165, 1.54) is 28.6 Å². The van der Waals surface area contributed by atoms with Crippen LogP contribution < -0.4 is 10.6 Å². The van der Waals surface area contributed by atoms with Crippen molar-refractivity contribution in [3.63, 3.8) is 0 Å². The van der Waals surface area contributed by atoms with Crippen LogP contribution in [-0.4, -0.2) is 57.4 Å². The molecule has 1 aromatic carbocycles. The Morgan fingerprint density at radius 2 is 1.96 bits per heavy atom. The largest absolute Gasteiger partial charge is 0.379 e. The normalized spacial score (nSPS) is 15.4. The Morgan fingerprint density at radius 3 is 2.60 bits per heavy atom. The molecule has 0 aromatic heterocycles. The molecule has 0 atom stereocenters. The molecule has 10 heteroatoms. The van der Waals surface area contributed by atoms with Gasteiger partial charge in [0.05, 0.1) is 28.8 Å². The first-order chi connectivity index (χ1) is 11.9. The Balaban J connectivity index is 2.20. The van der Waals surface area contributed by atoms with Crippen molar-refractivity contribution < 1.29 is 22.7 Å². The molecule has 1 saturated heterocycles. The fourth-order valence-corrected chi connectivity index (χ4v) is 3.72. The summed E-state index contributed by atoms with van der Waals surface area (Å²) in [6, 6.07) is 3.93. The number of sulfonamides is 1. The number of carbonyl (C=O) groups excluding carboxylic acids is 2. The van der Waals surface area contributed by atoms with Gasteiger partial charge in [0.15, 0.2) is 0 Å². The van der Waals surface area contributed by atoms with Crippen LogP contribution in [0.2, 0.25) is 5.02 Å². The molecule has 1 aliphatic heterocycles. The van der Waals surface area contributed by atoms with Crippen LogP contribution in [0.5, 0.6) is 0 Å². The Kier molecular flexibility index (Phi) is 6.54. The summed E-state index contributed by atoms with van der Waals surface area (Å²) in [6.45, 7) is 4.69. The molecule has 136 valence electrons. The molecule has 2 amide bonds. The summed E-state index contributed by atoms with van der Waals surface area (Å²) in [5.74, 6) is -1.83. The van der Waals surface area contributed by atoms with Crippen molar-refractivity contribution in [1.82, 2.24) is 9.62 Å². The van der Waals surface area contributed by atoms with E-state index in [-0.39, 0.29) is 35.2 Å². The van der Waals surface area contributed by atoms with Crippen molar-refractivity contribution in [1.29, 1.82) is 0 Å². The fraction of sp³-hybridized carbons (Fsp3) is 0.333. The van der Waals surface area contributed by atoms with E-state index in [1.807, 2.05) is 0 Å². The van der Waals surface area contributed by atoms with Gasteiger partial charge in [-0.1, -0.05) is 17.7 Å². The average molecular weight is 388 g/mol. The smallest absolute Gasteiger partial charge is 0.313 e. The van der Waals surface area contributed by atoms with Gasteiger partial charge in [-0.05, 0) is 18.2 Å². The third kappa shape index (κ3) is 4.79. The quantitative estimate of drug-likeness (QED) is 0.568. The lowest BCUT2D eigenvalue weighted by Crippen LogP contribution is -2.40. The van der Waals surface area contributed by atoms with Crippen molar-refractivity contribution in [2.75, 3.05) is 38.2 Å². The minimum atomic E-state index is -3.74. The van der Waals surface area contributed by atoms with Gasteiger partial charge in [-0.25, -0.2) is 8.42 Å². The van der Waals surface area contributed by atoms with Crippen LogP contribution in [0.1, 0.15) is 0 Å². The monoisotopic (exact) mass is 387 g/mol. The topological polar surface area (TPSA) is 105 Å². The second kappa shape index (κ2) is 8.43. The molecule has 1 fully saturated rings. The predicted octanol–water partition coefficient (Wildman–Crippen LogP) is 0.602. The Labute approximate surface area is 150 Å². The van der Waals surface area contributed by atoms with Crippen molar-refractivity contribution in [3.05, 3.63) is 35.9 Å². The standard InChI is InChI=1S/C15H18ClN3O5S/c1-2-5-17-14(20)15(21)18-13-10-11(3-4-12(13)16)25(22,23)19-6-8-24-9-7-19/h2-4,10H,1,5-9H2,(H,17,20)(H,18,21). The number of carbonyl (C=O) groups is 2. The lowest BCUT2D eigenvalue weighted by molar-refractivity contribution is -0.136. The first-order valence-electron chi connectivity index (χ1n) is 7.44. The van der Waals surface area contributed by atoms with Crippen LogP contribution in [0.15, 0.2) is 35.7 Å². The molecule has 1 aliphatic rings. The maximum atomic E-state index is 12.6. The molecule has 1 heterocycles. The highest BCUT2D eigenvalue weighted by Gasteiger charge is 2.27. The predicted molar refractivity (Wildman–Crippen MR) is 92.9 cm³/mol. The van der Waals surface area contributed by atoms with Crippen molar-refractivity contribution >= 4 is 39.1 Å². The van der Waals surface area contributed by atoms with Crippen LogP contribution >= 0.6 is 11.6 Å². The second-order valence-electron chi connectivity index (χ2n) is 5.11. The number of halogens is 1. The van der Waals surface area contributed by atoms with Gasteiger partial charge in [0.25, 0.3) is 0 Å². The summed E-state index contributed by atoms with van der Waals surface area (Å²) >= 11 is 5.99. The molecule has 1 aromatic rings. The van der Waals surface area contributed by atoms with Gasteiger partial charge in [0, 0.05) is 19.6 Å². The highest BCUT2D eigenvalue weighted by atomic mass is 35.5. The van der Waals surface area contributed by atoms with Gasteiger partial charge in [0.1, 0.15) is 0 Å². The molecular weight excluding hydrogens is 370 g/mol. The SMILES string of the molecule is C=CCNC(=O)C(=O)Nc1cc(S(=O)(=O)N2CCOCC2)ccc1Cl. The molecule has 0 radical (unpaired) electrons. The van der Waals surface area contributed by atoms with Crippen molar-refractivity contribution in [2.24, 2.45) is 0 Å². The van der Waals surface area contributed by atoms with Crippen LogP contribution in [0, 0.1) is 0 Å². The Bertz CT molecular complexity index is 775. The van der Waals surface area contributed by atoms with Gasteiger partial charge in [-0.15, -0.1) is 6.58 Å². The number of hydrogen-bond donors (Lipinski definition) is 2. The van der Waals surface area contributed by atoms with Gasteiger partial charge < -0.3 is 15.4 Å². The number of hydrogen-bond acceptors (Lipinski definition) is 5. The first-order valence-corrected chi connectivity index (χ1v) is 9.25. The van der Waals surface area contributed by atoms with Crippen LogP contribution in [0.4, 0.5) is 5.69 Å². The fourth-order valence-electron chi connectivity index (χ4n) is 2.12. The number of morpholine rings is 1.